The van der Waals surface area contributed by atoms with E-state index in [2.05, 4.69) is 15.3 Å². The van der Waals surface area contributed by atoms with E-state index in [-0.39, 0.29) is 23.3 Å². The fourth-order valence-corrected chi connectivity index (χ4v) is 3.22. The first kappa shape index (κ1) is 19.3. The quantitative estimate of drug-likeness (QED) is 0.541. The van der Waals surface area contributed by atoms with Gasteiger partial charge in [0.1, 0.15) is 0 Å². The Morgan fingerprint density at radius 3 is 2.53 bits per heavy atom. The van der Waals surface area contributed by atoms with Gasteiger partial charge in [0.05, 0.1) is 5.52 Å². The molecule has 2 amide bonds. The molecule has 0 aliphatic heterocycles. The van der Waals surface area contributed by atoms with Crippen molar-refractivity contribution in [2.24, 2.45) is 0 Å². The van der Waals surface area contributed by atoms with Crippen molar-refractivity contribution < 1.29 is 9.59 Å². The molecule has 0 aliphatic carbocycles. The van der Waals surface area contributed by atoms with Crippen molar-refractivity contribution >= 4 is 17.3 Å². The molecular weight excluding hydrogens is 378 g/mol. The van der Waals surface area contributed by atoms with E-state index in [0.29, 0.717) is 18.6 Å². The second-order valence-electron chi connectivity index (χ2n) is 6.93. The number of nitrogens with one attached hydrogen (secondary N) is 1. The van der Waals surface area contributed by atoms with Crippen molar-refractivity contribution in [3.05, 3.63) is 102 Å². The summed E-state index contributed by atoms with van der Waals surface area (Å²) in [4.78, 5) is 35.9. The molecule has 0 fully saturated rings. The van der Waals surface area contributed by atoms with Crippen LogP contribution in [-0.2, 0) is 13.1 Å². The van der Waals surface area contributed by atoms with Crippen LogP contribution < -0.4 is 5.32 Å². The number of hydrogen-bond donors (Lipinski definition) is 1. The maximum Gasteiger partial charge on any atom is 0.290 e. The molecule has 0 radical (unpaired) electrons. The third-order valence-electron chi connectivity index (χ3n) is 4.74. The van der Waals surface area contributed by atoms with Crippen LogP contribution in [0.4, 0.5) is 0 Å². The summed E-state index contributed by atoms with van der Waals surface area (Å²) in [7, 11) is 1.72. The number of fused-ring (bicyclic) bond motifs is 1. The largest absolute Gasteiger partial charge is 0.346 e. The lowest BCUT2D eigenvalue weighted by Crippen LogP contribution is -2.28. The highest BCUT2D eigenvalue weighted by Crippen LogP contribution is 2.16. The molecule has 4 aromatic rings. The first-order valence-electron chi connectivity index (χ1n) is 9.57. The highest BCUT2D eigenvalue weighted by molar-refractivity contribution is 6.02. The molecule has 0 bridgehead atoms. The average molecular weight is 399 g/mol. The molecule has 0 atom stereocenters. The number of imidazole rings is 1. The summed E-state index contributed by atoms with van der Waals surface area (Å²) in [5.41, 5.74) is 2.70. The highest BCUT2D eigenvalue weighted by Gasteiger charge is 2.23. The molecule has 1 N–H and O–H groups in total. The van der Waals surface area contributed by atoms with Gasteiger partial charge in [0.15, 0.2) is 5.69 Å². The van der Waals surface area contributed by atoms with E-state index >= 15 is 0 Å². The van der Waals surface area contributed by atoms with Crippen LogP contribution in [0.25, 0.3) is 5.52 Å². The van der Waals surface area contributed by atoms with Crippen molar-refractivity contribution in [3.8, 4) is 0 Å². The predicted octanol–water partition coefficient (Wildman–Crippen LogP) is 2.93. The topological polar surface area (TPSA) is 79.6 Å². The van der Waals surface area contributed by atoms with E-state index in [1.165, 1.54) is 0 Å². The molecular formula is C23H21N5O2. The van der Waals surface area contributed by atoms with Crippen LogP contribution in [0.5, 0.6) is 0 Å². The molecule has 0 aliphatic rings. The minimum atomic E-state index is -0.340. The lowest BCUT2D eigenvalue weighted by atomic mass is 10.2. The van der Waals surface area contributed by atoms with E-state index in [1.54, 1.807) is 47.1 Å². The minimum Gasteiger partial charge on any atom is -0.346 e. The van der Waals surface area contributed by atoms with Crippen molar-refractivity contribution in [2.75, 3.05) is 7.05 Å². The SMILES string of the molecule is CN(Cc1ccccc1)C(=O)c1nc(C(=O)NCc2cccnc2)c2ccccn12. The number of amides is 2. The van der Waals surface area contributed by atoms with Gasteiger partial charge >= 0.3 is 0 Å². The molecule has 0 saturated carbocycles. The number of pyridine rings is 2. The van der Waals surface area contributed by atoms with Crippen LogP contribution in [0.15, 0.2) is 79.3 Å². The zero-order valence-corrected chi connectivity index (χ0v) is 16.5. The number of nitrogens with zero attached hydrogens (tertiary/aromatic N) is 4. The van der Waals surface area contributed by atoms with Gasteiger partial charge in [-0.2, -0.15) is 0 Å². The summed E-state index contributed by atoms with van der Waals surface area (Å²) in [6.07, 6.45) is 5.11. The Bertz CT molecular complexity index is 1170. The Labute approximate surface area is 174 Å². The van der Waals surface area contributed by atoms with Crippen LogP contribution in [0.3, 0.4) is 0 Å². The Hall–Kier alpha value is -4.00. The third kappa shape index (κ3) is 4.05. The van der Waals surface area contributed by atoms with Gasteiger partial charge < -0.3 is 10.2 Å². The zero-order valence-electron chi connectivity index (χ0n) is 16.5. The molecule has 30 heavy (non-hydrogen) atoms. The molecule has 4 rings (SSSR count). The Kier molecular flexibility index (Phi) is 5.52. The smallest absolute Gasteiger partial charge is 0.290 e. The van der Waals surface area contributed by atoms with Crippen molar-refractivity contribution in [2.45, 2.75) is 13.1 Å². The van der Waals surface area contributed by atoms with Gasteiger partial charge in [-0.15, -0.1) is 0 Å². The fourth-order valence-electron chi connectivity index (χ4n) is 3.22. The normalized spacial score (nSPS) is 10.7. The Morgan fingerprint density at radius 2 is 1.77 bits per heavy atom. The number of carbonyl (C=O) groups excluding carboxylic acids is 2. The number of rotatable bonds is 6. The van der Waals surface area contributed by atoms with Crippen LogP contribution >= 0.6 is 0 Å². The predicted molar refractivity (Wildman–Crippen MR) is 113 cm³/mol. The van der Waals surface area contributed by atoms with Gasteiger partial charge in [-0.3, -0.25) is 19.0 Å². The average Bonchev–Trinajstić information content (AvgIpc) is 3.18. The molecule has 1 aromatic carbocycles. The molecule has 3 aromatic heterocycles. The second-order valence-corrected chi connectivity index (χ2v) is 6.93. The van der Waals surface area contributed by atoms with Crippen molar-refractivity contribution in [1.82, 2.24) is 24.6 Å². The van der Waals surface area contributed by atoms with Crippen LogP contribution in [0.2, 0.25) is 0 Å². The lowest BCUT2D eigenvalue weighted by molar-refractivity contribution is 0.0772. The summed E-state index contributed by atoms with van der Waals surface area (Å²) in [5, 5.41) is 2.85. The van der Waals surface area contributed by atoms with Gasteiger partial charge in [-0.25, -0.2) is 4.98 Å². The summed E-state index contributed by atoms with van der Waals surface area (Å²) in [6, 6.07) is 18.8. The first-order valence-corrected chi connectivity index (χ1v) is 9.57. The van der Waals surface area contributed by atoms with Crippen LogP contribution in [0.1, 0.15) is 32.2 Å². The maximum atomic E-state index is 13.1. The highest BCUT2D eigenvalue weighted by atomic mass is 16.2. The monoisotopic (exact) mass is 399 g/mol. The molecule has 3 heterocycles. The second kappa shape index (κ2) is 8.57. The molecule has 0 saturated heterocycles. The van der Waals surface area contributed by atoms with Crippen molar-refractivity contribution in [3.63, 3.8) is 0 Å². The van der Waals surface area contributed by atoms with Gasteiger partial charge in [0.25, 0.3) is 11.8 Å². The number of carbonyl (C=O) groups is 2. The first-order chi connectivity index (χ1) is 14.6. The summed E-state index contributed by atoms with van der Waals surface area (Å²) in [5.74, 6) is -0.394. The Morgan fingerprint density at radius 1 is 1.00 bits per heavy atom. The standard InChI is InChI=1S/C23H21N5O2/c1-27(16-17-8-3-2-4-9-17)23(30)21-26-20(19-11-5-6-13-28(19)21)22(29)25-15-18-10-7-12-24-14-18/h2-14H,15-16H2,1H3,(H,25,29). The molecule has 0 unspecified atom stereocenters. The Balaban J connectivity index is 1.58. The van der Waals surface area contributed by atoms with E-state index in [0.717, 1.165) is 11.1 Å². The number of benzene rings is 1. The third-order valence-corrected chi connectivity index (χ3v) is 4.74. The van der Waals surface area contributed by atoms with Gasteiger partial charge in [0.2, 0.25) is 5.82 Å². The summed E-state index contributed by atoms with van der Waals surface area (Å²) < 4.78 is 1.66. The van der Waals surface area contributed by atoms with E-state index in [1.807, 2.05) is 48.5 Å². The van der Waals surface area contributed by atoms with E-state index in [9.17, 15) is 9.59 Å². The fraction of sp³-hybridized carbons (Fsp3) is 0.130. The molecule has 150 valence electrons. The van der Waals surface area contributed by atoms with Gasteiger partial charge in [-0.05, 0) is 29.3 Å². The summed E-state index contributed by atoms with van der Waals surface area (Å²) >= 11 is 0. The van der Waals surface area contributed by atoms with Crippen LogP contribution in [0, 0.1) is 0 Å². The molecule has 7 nitrogen and oxygen atoms in total. The lowest BCUT2D eigenvalue weighted by Gasteiger charge is -2.16. The maximum absolute atomic E-state index is 13.1. The summed E-state index contributed by atoms with van der Waals surface area (Å²) in [6.45, 7) is 0.777. The van der Waals surface area contributed by atoms with Crippen molar-refractivity contribution in [1.29, 1.82) is 0 Å². The minimum absolute atomic E-state index is 0.204. The van der Waals surface area contributed by atoms with Gasteiger partial charge in [0, 0.05) is 38.7 Å². The molecule has 0 spiro atoms. The van der Waals surface area contributed by atoms with E-state index in [4.69, 9.17) is 0 Å². The molecule has 7 heteroatoms. The zero-order chi connectivity index (χ0) is 20.9. The number of aromatic nitrogens is 3. The van der Waals surface area contributed by atoms with Gasteiger partial charge in [-0.1, -0.05) is 42.5 Å². The number of hydrogen-bond acceptors (Lipinski definition) is 4. The van der Waals surface area contributed by atoms with E-state index < -0.39 is 0 Å². The van der Waals surface area contributed by atoms with Crippen LogP contribution in [-0.4, -0.2) is 38.1 Å².